The van der Waals surface area contributed by atoms with Gasteiger partial charge in [-0.25, -0.2) is 4.79 Å². The van der Waals surface area contributed by atoms with Crippen molar-refractivity contribution in [3.05, 3.63) is 71.3 Å². The van der Waals surface area contributed by atoms with Crippen LogP contribution in [0.3, 0.4) is 0 Å². The second-order valence-electron chi connectivity index (χ2n) is 10.1. The topological polar surface area (TPSA) is 108 Å². The molecule has 0 radical (unpaired) electrons. The van der Waals surface area contributed by atoms with Crippen molar-refractivity contribution in [3.63, 3.8) is 0 Å². The molecule has 0 spiro atoms. The Hall–Kier alpha value is -3.04. The number of hydrogen-bond acceptors (Lipinski definition) is 6. The summed E-state index contributed by atoms with van der Waals surface area (Å²) in [6.45, 7) is 8.40. The third-order valence-corrected chi connectivity index (χ3v) is 8.13. The van der Waals surface area contributed by atoms with E-state index in [-0.39, 0.29) is 24.8 Å². The Bertz CT molecular complexity index is 1090. The van der Waals surface area contributed by atoms with Gasteiger partial charge >= 0.3 is 6.09 Å². The van der Waals surface area contributed by atoms with E-state index in [2.05, 4.69) is 10.6 Å². The van der Waals surface area contributed by atoms with Gasteiger partial charge in [0, 0.05) is 11.3 Å². The van der Waals surface area contributed by atoms with Gasteiger partial charge in [0.25, 0.3) is 5.91 Å². The average molecular weight is 542 g/mol. The maximum Gasteiger partial charge on any atom is 0.407 e. The molecule has 0 bridgehead atoms. The van der Waals surface area contributed by atoms with E-state index >= 15 is 0 Å². The summed E-state index contributed by atoms with van der Waals surface area (Å²) in [4.78, 5) is 40.9. The summed E-state index contributed by atoms with van der Waals surface area (Å²) in [5, 5.41) is 16.9. The van der Waals surface area contributed by atoms with Crippen molar-refractivity contribution in [3.8, 4) is 0 Å². The van der Waals surface area contributed by atoms with Gasteiger partial charge in [-0.05, 0) is 50.3 Å². The first-order chi connectivity index (χ1) is 18.1. The molecule has 0 saturated carbocycles. The van der Waals surface area contributed by atoms with Gasteiger partial charge in [0.15, 0.2) is 6.10 Å². The molecule has 0 aliphatic carbocycles. The Morgan fingerprint density at radius 1 is 1.13 bits per heavy atom. The maximum absolute atomic E-state index is 13.6. The first kappa shape index (κ1) is 29.5. The predicted octanol–water partition coefficient (Wildman–Crippen LogP) is 3.79. The van der Waals surface area contributed by atoms with Crippen LogP contribution in [0, 0.1) is 6.92 Å². The van der Waals surface area contributed by atoms with E-state index in [1.165, 1.54) is 16.7 Å². The van der Waals surface area contributed by atoms with Crippen LogP contribution in [-0.4, -0.2) is 63.3 Å². The van der Waals surface area contributed by atoms with Gasteiger partial charge in [0.2, 0.25) is 5.91 Å². The van der Waals surface area contributed by atoms with Crippen molar-refractivity contribution in [1.82, 2.24) is 15.5 Å². The number of unbranched alkanes of at least 4 members (excludes halogenated alkanes) is 1. The fourth-order valence-electron chi connectivity index (χ4n) is 4.45. The van der Waals surface area contributed by atoms with E-state index in [9.17, 15) is 19.5 Å². The normalized spacial score (nSPS) is 17.9. The molecule has 3 atom stereocenters. The van der Waals surface area contributed by atoms with Crippen LogP contribution in [0.4, 0.5) is 4.79 Å². The van der Waals surface area contributed by atoms with E-state index in [1.54, 1.807) is 0 Å². The largest absolute Gasteiger partial charge is 0.450 e. The number of aryl methyl sites for hydroxylation is 1. The molecule has 8 nitrogen and oxygen atoms in total. The average Bonchev–Trinajstić information content (AvgIpc) is 3.22. The van der Waals surface area contributed by atoms with Crippen LogP contribution < -0.4 is 10.6 Å². The number of hydrogen-bond donors (Lipinski definition) is 3. The van der Waals surface area contributed by atoms with E-state index in [0.717, 1.165) is 29.5 Å². The second kappa shape index (κ2) is 13.7. The quantitative estimate of drug-likeness (QED) is 0.374. The summed E-state index contributed by atoms with van der Waals surface area (Å²) < 4.78 is 4.66. The highest BCUT2D eigenvalue weighted by molar-refractivity contribution is 8.00. The van der Waals surface area contributed by atoms with E-state index in [1.807, 2.05) is 82.3 Å². The minimum absolute atomic E-state index is 0.227. The number of carbonyl (C=O) groups excluding carboxylic acids is 3. The molecule has 1 unspecified atom stereocenters. The molecule has 0 aromatic heterocycles. The molecule has 1 heterocycles. The zero-order valence-corrected chi connectivity index (χ0v) is 23.4. The Balaban J connectivity index is 1.76. The van der Waals surface area contributed by atoms with Crippen molar-refractivity contribution >= 4 is 29.7 Å². The summed E-state index contributed by atoms with van der Waals surface area (Å²) in [5.74, 6) is -0.631. The first-order valence-electron chi connectivity index (χ1n) is 13.1. The second-order valence-corrected chi connectivity index (χ2v) is 11.7. The monoisotopic (exact) mass is 541 g/mol. The molecule has 9 heteroatoms. The van der Waals surface area contributed by atoms with Gasteiger partial charge in [0.05, 0.1) is 18.5 Å². The lowest BCUT2D eigenvalue weighted by Gasteiger charge is -2.33. The zero-order valence-electron chi connectivity index (χ0n) is 22.6. The molecule has 3 rings (SSSR count). The Morgan fingerprint density at radius 2 is 1.82 bits per heavy atom. The Labute approximate surface area is 229 Å². The van der Waals surface area contributed by atoms with Crippen LogP contribution >= 0.6 is 11.8 Å². The lowest BCUT2D eigenvalue weighted by molar-refractivity contribution is -0.147. The number of aliphatic hydroxyl groups is 1. The highest BCUT2D eigenvalue weighted by atomic mass is 32.2. The fourth-order valence-corrected chi connectivity index (χ4v) is 5.59. The summed E-state index contributed by atoms with van der Waals surface area (Å²) in [5.41, 5.74) is 2.91. The molecule has 1 aliphatic heterocycles. The van der Waals surface area contributed by atoms with Crippen molar-refractivity contribution in [2.45, 2.75) is 76.4 Å². The van der Waals surface area contributed by atoms with Crippen molar-refractivity contribution < 1.29 is 24.2 Å². The molecule has 3 N–H and O–H groups in total. The van der Waals surface area contributed by atoms with Crippen LogP contribution in [-0.2, 0) is 27.3 Å². The van der Waals surface area contributed by atoms with Gasteiger partial charge in [-0.3, -0.25) is 9.59 Å². The third-order valence-electron chi connectivity index (χ3n) is 6.76. The van der Waals surface area contributed by atoms with Crippen molar-refractivity contribution in [2.75, 3.05) is 12.5 Å². The summed E-state index contributed by atoms with van der Waals surface area (Å²) in [7, 11) is 0. The Kier molecular flexibility index (Phi) is 10.6. The smallest absolute Gasteiger partial charge is 0.407 e. The molecular weight excluding hydrogens is 502 g/mol. The minimum atomic E-state index is -1.56. The number of thioether (sulfide) groups is 1. The van der Waals surface area contributed by atoms with Crippen LogP contribution in [0.1, 0.15) is 50.3 Å². The van der Waals surface area contributed by atoms with E-state index in [0.29, 0.717) is 6.54 Å². The molecule has 1 fully saturated rings. The predicted molar refractivity (Wildman–Crippen MR) is 150 cm³/mol. The summed E-state index contributed by atoms with van der Waals surface area (Å²) >= 11 is 1.48. The van der Waals surface area contributed by atoms with Gasteiger partial charge in [-0.15, -0.1) is 11.8 Å². The maximum atomic E-state index is 13.6. The number of carbonyl (C=O) groups is 3. The number of nitrogens with one attached hydrogen (secondary N) is 2. The van der Waals surface area contributed by atoms with Gasteiger partial charge < -0.3 is 25.4 Å². The first-order valence-corrected chi connectivity index (χ1v) is 14.0. The molecule has 2 aromatic rings. The molecule has 1 aliphatic rings. The van der Waals surface area contributed by atoms with E-state index < -0.39 is 34.9 Å². The molecular formula is C29H39N3O5S. The molecule has 2 aromatic carbocycles. The molecule has 1 saturated heterocycles. The van der Waals surface area contributed by atoms with Crippen molar-refractivity contribution in [2.24, 2.45) is 0 Å². The number of nitrogens with zero attached hydrogens (tertiary/aromatic N) is 1. The van der Waals surface area contributed by atoms with E-state index in [4.69, 9.17) is 4.74 Å². The highest BCUT2D eigenvalue weighted by Crippen LogP contribution is 2.40. The summed E-state index contributed by atoms with van der Waals surface area (Å²) in [6.07, 6.45) is -0.426. The van der Waals surface area contributed by atoms with Crippen LogP contribution in [0.15, 0.2) is 54.6 Å². The number of rotatable bonds is 11. The lowest BCUT2D eigenvalue weighted by Crippen LogP contribution is -2.58. The van der Waals surface area contributed by atoms with Gasteiger partial charge in [0.1, 0.15) is 6.04 Å². The number of benzene rings is 2. The number of alkyl carbamates (subject to hydrolysis) is 1. The minimum Gasteiger partial charge on any atom is -0.450 e. The SMILES string of the molecule is CCCCOC(=O)N[C@@H](Cc1ccccc1)[C@H](O)C(=O)N1CSC(C)(C)C1C(=O)NCc1ccccc1C. The van der Waals surface area contributed by atoms with Crippen LogP contribution in [0.5, 0.6) is 0 Å². The third kappa shape index (κ3) is 7.74. The van der Waals surface area contributed by atoms with Crippen LogP contribution in [0.25, 0.3) is 0 Å². The van der Waals surface area contributed by atoms with Crippen molar-refractivity contribution in [1.29, 1.82) is 0 Å². The van der Waals surface area contributed by atoms with Gasteiger partial charge in [-0.2, -0.15) is 0 Å². The zero-order chi connectivity index (χ0) is 27.7. The highest BCUT2D eigenvalue weighted by Gasteiger charge is 2.49. The molecule has 206 valence electrons. The number of amides is 3. The molecule has 3 amide bonds. The summed E-state index contributed by atoms with van der Waals surface area (Å²) in [6, 6.07) is 15.4. The Morgan fingerprint density at radius 3 is 2.50 bits per heavy atom. The van der Waals surface area contributed by atoms with Gasteiger partial charge in [-0.1, -0.05) is 67.9 Å². The standard InChI is InChI=1S/C29H39N3O5S/c1-5-6-16-37-28(36)31-23(17-21-13-8-7-9-14-21)24(33)27(35)32-19-38-29(3,4)25(32)26(34)30-18-22-15-11-10-12-20(22)2/h7-15,23-25,33H,5-6,16-19H2,1-4H3,(H,30,34)(H,31,36)/t23-,24-,25?/m0/s1. The molecule has 38 heavy (non-hydrogen) atoms. The van der Waals surface area contributed by atoms with Crippen LogP contribution in [0.2, 0.25) is 0 Å². The number of ether oxygens (including phenoxy) is 1. The number of aliphatic hydroxyl groups excluding tert-OH is 1. The lowest BCUT2D eigenvalue weighted by atomic mass is 9.97. The fraction of sp³-hybridized carbons (Fsp3) is 0.483.